The fourth-order valence-electron chi connectivity index (χ4n) is 2.37. The standard InChI is InChI=1S/C17H21N3O/c1-3-8-17(21)18-12-7-11-16-19-14-9-5-6-10-15(14)20(16)13-4-2/h2,5-6,9-10H,3,7-8,11-13H2,1H3,(H,18,21). The van der Waals surface area contributed by atoms with E-state index in [1.165, 1.54) is 0 Å². The van der Waals surface area contributed by atoms with Crippen LogP contribution in [0.5, 0.6) is 0 Å². The third kappa shape index (κ3) is 3.85. The highest BCUT2D eigenvalue weighted by Gasteiger charge is 2.09. The number of rotatable bonds is 7. The van der Waals surface area contributed by atoms with Crippen molar-refractivity contribution in [3.05, 3.63) is 30.1 Å². The molecule has 0 aliphatic rings. The maximum Gasteiger partial charge on any atom is 0.219 e. The van der Waals surface area contributed by atoms with Gasteiger partial charge in [-0.25, -0.2) is 4.98 Å². The summed E-state index contributed by atoms with van der Waals surface area (Å²) in [4.78, 5) is 16.0. The van der Waals surface area contributed by atoms with Crippen molar-refractivity contribution in [1.82, 2.24) is 14.9 Å². The number of nitrogens with one attached hydrogen (secondary N) is 1. The van der Waals surface area contributed by atoms with Crippen LogP contribution < -0.4 is 5.32 Å². The van der Waals surface area contributed by atoms with Crippen LogP contribution in [0.3, 0.4) is 0 Å². The highest BCUT2D eigenvalue weighted by Crippen LogP contribution is 2.16. The Morgan fingerprint density at radius 2 is 2.24 bits per heavy atom. The van der Waals surface area contributed by atoms with Crippen LogP contribution in [0.15, 0.2) is 24.3 Å². The van der Waals surface area contributed by atoms with Gasteiger partial charge in [-0.3, -0.25) is 4.79 Å². The van der Waals surface area contributed by atoms with Crippen LogP contribution >= 0.6 is 0 Å². The lowest BCUT2D eigenvalue weighted by molar-refractivity contribution is -0.121. The van der Waals surface area contributed by atoms with Crippen molar-refractivity contribution < 1.29 is 4.79 Å². The third-order valence-electron chi connectivity index (χ3n) is 3.36. The summed E-state index contributed by atoms with van der Waals surface area (Å²) in [5.41, 5.74) is 2.04. The summed E-state index contributed by atoms with van der Waals surface area (Å²) in [6.45, 7) is 3.21. The zero-order valence-electron chi connectivity index (χ0n) is 12.4. The van der Waals surface area contributed by atoms with E-state index in [0.29, 0.717) is 19.5 Å². The number of hydrogen-bond acceptors (Lipinski definition) is 2. The molecule has 2 aromatic rings. The fourth-order valence-corrected chi connectivity index (χ4v) is 2.37. The molecule has 0 unspecified atom stereocenters. The van der Waals surface area contributed by atoms with Gasteiger partial charge in [0.1, 0.15) is 5.82 Å². The summed E-state index contributed by atoms with van der Waals surface area (Å²) in [5.74, 6) is 3.79. The van der Waals surface area contributed by atoms with Crippen LogP contribution in [0, 0.1) is 12.3 Å². The molecule has 1 aromatic carbocycles. The number of benzene rings is 1. The van der Waals surface area contributed by atoms with Gasteiger partial charge < -0.3 is 9.88 Å². The van der Waals surface area contributed by atoms with Gasteiger partial charge in [-0.2, -0.15) is 0 Å². The quantitative estimate of drug-likeness (QED) is 0.627. The van der Waals surface area contributed by atoms with Crippen molar-refractivity contribution in [1.29, 1.82) is 0 Å². The van der Waals surface area contributed by atoms with E-state index in [9.17, 15) is 4.79 Å². The SMILES string of the molecule is C#CCn1c(CCCNC(=O)CCC)nc2ccccc21. The third-order valence-corrected chi connectivity index (χ3v) is 3.36. The van der Waals surface area contributed by atoms with Crippen LogP contribution in [-0.4, -0.2) is 22.0 Å². The van der Waals surface area contributed by atoms with Gasteiger partial charge in [0, 0.05) is 19.4 Å². The second-order valence-electron chi connectivity index (χ2n) is 5.01. The second kappa shape index (κ2) is 7.49. The Morgan fingerprint density at radius 1 is 1.43 bits per heavy atom. The van der Waals surface area contributed by atoms with E-state index in [4.69, 9.17) is 6.42 Å². The first-order chi connectivity index (χ1) is 10.3. The first-order valence-electron chi connectivity index (χ1n) is 7.40. The zero-order valence-corrected chi connectivity index (χ0v) is 12.4. The zero-order chi connectivity index (χ0) is 15.1. The topological polar surface area (TPSA) is 46.9 Å². The van der Waals surface area contributed by atoms with Gasteiger partial charge in [-0.15, -0.1) is 6.42 Å². The fraction of sp³-hybridized carbons (Fsp3) is 0.412. The number of nitrogens with zero attached hydrogens (tertiary/aromatic N) is 2. The monoisotopic (exact) mass is 283 g/mol. The molecule has 1 aromatic heterocycles. The minimum atomic E-state index is 0.120. The number of aryl methyl sites for hydroxylation is 1. The van der Waals surface area contributed by atoms with E-state index in [0.717, 1.165) is 36.1 Å². The number of carbonyl (C=O) groups is 1. The summed E-state index contributed by atoms with van der Waals surface area (Å²) in [7, 11) is 0. The Morgan fingerprint density at radius 3 is 3.00 bits per heavy atom. The van der Waals surface area contributed by atoms with Crippen molar-refractivity contribution in [3.8, 4) is 12.3 Å². The highest BCUT2D eigenvalue weighted by molar-refractivity contribution is 5.76. The first-order valence-corrected chi connectivity index (χ1v) is 7.40. The predicted molar refractivity (Wildman–Crippen MR) is 84.8 cm³/mol. The molecule has 110 valence electrons. The van der Waals surface area contributed by atoms with Gasteiger partial charge in [0.2, 0.25) is 5.91 Å². The van der Waals surface area contributed by atoms with E-state index in [-0.39, 0.29) is 5.91 Å². The number of imidazole rings is 1. The van der Waals surface area contributed by atoms with E-state index in [1.54, 1.807) is 0 Å². The van der Waals surface area contributed by atoms with Gasteiger partial charge in [0.25, 0.3) is 0 Å². The number of terminal acetylenes is 1. The summed E-state index contributed by atoms with van der Waals surface area (Å²) in [6, 6.07) is 8.00. The normalized spacial score (nSPS) is 10.5. The Kier molecular flexibility index (Phi) is 5.39. The molecular formula is C17H21N3O. The minimum absolute atomic E-state index is 0.120. The first kappa shape index (κ1) is 15.1. The summed E-state index contributed by atoms with van der Waals surface area (Å²) < 4.78 is 2.07. The number of fused-ring (bicyclic) bond motifs is 1. The molecule has 21 heavy (non-hydrogen) atoms. The Labute approximate surface area is 125 Å². The van der Waals surface area contributed by atoms with Gasteiger partial charge in [-0.1, -0.05) is 25.0 Å². The Balaban J connectivity index is 2.00. The molecule has 0 saturated heterocycles. The molecule has 1 N–H and O–H groups in total. The molecule has 2 rings (SSSR count). The smallest absolute Gasteiger partial charge is 0.219 e. The molecule has 1 amide bonds. The number of carbonyl (C=O) groups excluding carboxylic acids is 1. The average Bonchev–Trinajstić information content (AvgIpc) is 2.83. The number of hydrogen-bond donors (Lipinski definition) is 1. The van der Waals surface area contributed by atoms with Crippen molar-refractivity contribution in [2.45, 2.75) is 39.2 Å². The molecular weight excluding hydrogens is 262 g/mol. The molecule has 1 heterocycles. The Bertz CT molecular complexity index is 652. The maximum absolute atomic E-state index is 11.4. The molecule has 0 spiro atoms. The van der Waals surface area contributed by atoms with E-state index >= 15 is 0 Å². The number of para-hydroxylation sites is 2. The van der Waals surface area contributed by atoms with Gasteiger partial charge in [0.05, 0.1) is 17.6 Å². The van der Waals surface area contributed by atoms with Crippen molar-refractivity contribution >= 4 is 16.9 Å². The van der Waals surface area contributed by atoms with Crippen LogP contribution in [0.25, 0.3) is 11.0 Å². The van der Waals surface area contributed by atoms with Crippen molar-refractivity contribution in [3.63, 3.8) is 0 Å². The molecule has 4 heteroatoms. The average molecular weight is 283 g/mol. The summed E-state index contributed by atoms with van der Waals surface area (Å²) in [6.07, 6.45) is 8.60. The maximum atomic E-state index is 11.4. The second-order valence-corrected chi connectivity index (χ2v) is 5.01. The number of aromatic nitrogens is 2. The summed E-state index contributed by atoms with van der Waals surface area (Å²) in [5, 5.41) is 2.92. The molecule has 0 fully saturated rings. The van der Waals surface area contributed by atoms with Crippen molar-refractivity contribution in [2.75, 3.05) is 6.54 Å². The molecule has 0 bridgehead atoms. The minimum Gasteiger partial charge on any atom is -0.356 e. The lowest BCUT2D eigenvalue weighted by atomic mass is 10.2. The summed E-state index contributed by atoms with van der Waals surface area (Å²) >= 11 is 0. The van der Waals surface area contributed by atoms with Gasteiger partial charge in [0.15, 0.2) is 0 Å². The molecule has 0 aliphatic carbocycles. The van der Waals surface area contributed by atoms with E-state index in [1.807, 2.05) is 31.2 Å². The largest absolute Gasteiger partial charge is 0.356 e. The predicted octanol–water partition coefficient (Wildman–Crippen LogP) is 2.52. The Hall–Kier alpha value is -2.28. The highest BCUT2D eigenvalue weighted by atomic mass is 16.1. The van der Waals surface area contributed by atoms with E-state index in [2.05, 4.69) is 20.8 Å². The molecule has 4 nitrogen and oxygen atoms in total. The lowest BCUT2D eigenvalue weighted by Gasteiger charge is -2.06. The number of amides is 1. The van der Waals surface area contributed by atoms with Crippen LogP contribution in [0.1, 0.15) is 32.0 Å². The molecule has 0 aliphatic heterocycles. The lowest BCUT2D eigenvalue weighted by Crippen LogP contribution is -2.24. The molecule has 0 saturated carbocycles. The van der Waals surface area contributed by atoms with Gasteiger partial charge >= 0.3 is 0 Å². The van der Waals surface area contributed by atoms with Gasteiger partial charge in [-0.05, 0) is 25.0 Å². The van der Waals surface area contributed by atoms with Crippen molar-refractivity contribution in [2.24, 2.45) is 0 Å². The van der Waals surface area contributed by atoms with Crippen LogP contribution in [0.2, 0.25) is 0 Å². The van der Waals surface area contributed by atoms with Crippen LogP contribution in [0.4, 0.5) is 0 Å². The van der Waals surface area contributed by atoms with E-state index < -0.39 is 0 Å². The molecule has 0 atom stereocenters. The molecule has 0 radical (unpaired) electrons. The van der Waals surface area contributed by atoms with Crippen LogP contribution in [-0.2, 0) is 17.8 Å².